The molecule has 2 unspecified atom stereocenters. The van der Waals surface area contributed by atoms with E-state index in [-0.39, 0.29) is 23.5 Å². The van der Waals surface area contributed by atoms with Gasteiger partial charge in [0.15, 0.2) is 0 Å². The Kier molecular flexibility index (Phi) is 3.80. The van der Waals surface area contributed by atoms with E-state index in [1.807, 2.05) is 31.2 Å². The predicted octanol–water partition coefficient (Wildman–Crippen LogP) is 2.01. The van der Waals surface area contributed by atoms with Crippen LogP contribution in [0.25, 0.3) is 0 Å². The van der Waals surface area contributed by atoms with Gasteiger partial charge in [-0.3, -0.25) is 4.79 Å². The number of hydrogen-bond acceptors (Lipinski definition) is 3. The van der Waals surface area contributed by atoms with Crippen molar-refractivity contribution in [2.24, 2.45) is 5.41 Å². The summed E-state index contributed by atoms with van der Waals surface area (Å²) in [6.45, 7) is 6.65. The summed E-state index contributed by atoms with van der Waals surface area (Å²) in [7, 11) is 0. The van der Waals surface area contributed by atoms with Gasteiger partial charge in [0.1, 0.15) is 0 Å². The Morgan fingerprint density at radius 2 is 2.00 bits per heavy atom. The lowest BCUT2D eigenvalue weighted by Crippen LogP contribution is -2.56. The van der Waals surface area contributed by atoms with Gasteiger partial charge >= 0.3 is 0 Å². The molecule has 0 heterocycles. The van der Waals surface area contributed by atoms with Gasteiger partial charge in [-0.2, -0.15) is 0 Å². The minimum absolute atomic E-state index is 0.0477. The molecule has 1 amide bonds. The van der Waals surface area contributed by atoms with E-state index >= 15 is 0 Å². The zero-order valence-electron chi connectivity index (χ0n) is 11.7. The monoisotopic (exact) mass is 262 g/mol. The number of hydrogen-bond donors (Lipinski definition) is 3. The molecule has 2 atom stereocenters. The summed E-state index contributed by atoms with van der Waals surface area (Å²) in [5.41, 5.74) is 1.55. The summed E-state index contributed by atoms with van der Waals surface area (Å²) in [5, 5.41) is 15.9. The van der Waals surface area contributed by atoms with E-state index in [4.69, 9.17) is 0 Å². The maximum absolute atomic E-state index is 11.6. The fourth-order valence-electron chi connectivity index (χ4n) is 2.33. The first-order valence-corrected chi connectivity index (χ1v) is 6.78. The van der Waals surface area contributed by atoms with Crippen LogP contribution < -0.4 is 10.6 Å². The van der Waals surface area contributed by atoms with E-state index in [0.717, 1.165) is 12.1 Å². The number of rotatable bonds is 4. The lowest BCUT2D eigenvalue weighted by Gasteiger charge is -2.49. The van der Waals surface area contributed by atoms with Gasteiger partial charge in [0.25, 0.3) is 5.91 Å². The highest BCUT2D eigenvalue weighted by molar-refractivity contribution is 5.94. The molecule has 4 heteroatoms. The number of amides is 1. The quantitative estimate of drug-likeness (QED) is 0.778. The van der Waals surface area contributed by atoms with Crippen LogP contribution >= 0.6 is 0 Å². The summed E-state index contributed by atoms with van der Waals surface area (Å²) in [4.78, 5) is 11.6. The van der Waals surface area contributed by atoms with E-state index in [9.17, 15) is 9.90 Å². The highest BCUT2D eigenvalue weighted by Gasteiger charge is 2.47. The van der Waals surface area contributed by atoms with Crippen LogP contribution in [-0.2, 0) is 0 Å². The number of anilines is 1. The molecule has 3 N–H and O–H groups in total. The Hall–Kier alpha value is -1.55. The Balaban J connectivity index is 1.98. The molecule has 1 saturated carbocycles. The highest BCUT2D eigenvalue weighted by Crippen LogP contribution is 2.42. The van der Waals surface area contributed by atoms with Gasteiger partial charge in [-0.25, -0.2) is 0 Å². The second kappa shape index (κ2) is 5.21. The Labute approximate surface area is 114 Å². The average molecular weight is 262 g/mol. The summed E-state index contributed by atoms with van der Waals surface area (Å²) < 4.78 is 0. The molecule has 0 saturated heterocycles. The third-order valence-corrected chi connectivity index (χ3v) is 4.04. The van der Waals surface area contributed by atoms with Gasteiger partial charge in [0, 0.05) is 29.3 Å². The van der Waals surface area contributed by atoms with E-state index in [2.05, 4.69) is 24.5 Å². The molecule has 1 fully saturated rings. The largest absolute Gasteiger partial charge is 0.392 e. The number of aliphatic hydroxyl groups is 1. The third kappa shape index (κ3) is 2.73. The van der Waals surface area contributed by atoms with Crippen molar-refractivity contribution in [1.82, 2.24) is 5.32 Å². The van der Waals surface area contributed by atoms with Crippen molar-refractivity contribution in [2.45, 2.75) is 39.3 Å². The smallest absolute Gasteiger partial charge is 0.251 e. The maximum Gasteiger partial charge on any atom is 0.251 e. The summed E-state index contributed by atoms with van der Waals surface area (Å²) in [6, 6.07) is 7.72. The SMILES string of the molecule is CCNC(=O)c1ccc(NC2CC(O)C2(C)C)cc1. The Bertz CT molecular complexity index is 454. The normalized spacial score (nSPS) is 24.4. The number of nitrogens with one attached hydrogen (secondary N) is 2. The van der Waals surface area contributed by atoms with Gasteiger partial charge < -0.3 is 15.7 Å². The Morgan fingerprint density at radius 3 is 2.47 bits per heavy atom. The van der Waals surface area contributed by atoms with Crippen molar-refractivity contribution in [2.75, 3.05) is 11.9 Å². The lowest BCUT2D eigenvalue weighted by molar-refractivity contribution is -0.0510. The van der Waals surface area contributed by atoms with Crippen LogP contribution in [-0.4, -0.2) is 29.7 Å². The third-order valence-electron chi connectivity index (χ3n) is 4.04. The van der Waals surface area contributed by atoms with Crippen LogP contribution in [0.3, 0.4) is 0 Å². The second-order valence-electron chi connectivity index (χ2n) is 5.71. The lowest BCUT2D eigenvalue weighted by atomic mass is 9.64. The molecular formula is C15H22N2O2. The maximum atomic E-state index is 11.6. The molecule has 104 valence electrons. The first-order valence-electron chi connectivity index (χ1n) is 6.78. The van der Waals surface area contributed by atoms with Gasteiger partial charge in [-0.05, 0) is 37.6 Å². The second-order valence-corrected chi connectivity index (χ2v) is 5.71. The van der Waals surface area contributed by atoms with Crippen LogP contribution in [0.2, 0.25) is 0 Å². The minimum atomic E-state index is -0.236. The zero-order chi connectivity index (χ0) is 14.0. The van der Waals surface area contributed by atoms with Crippen LogP contribution in [0, 0.1) is 5.41 Å². The summed E-state index contributed by atoms with van der Waals surface area (Å²) in [5.74, 6) is -0.0477. The topological polar surface area (TPSA) is 61.4 Å². The summed E-state index contributed by atoms with van der Waals surface area (Å²) in [6.07, 6.45) is 0.532. The van der Waals surface area contributed by atoms with E-state index in [1.165, 1.54) is 0 Å². The van der Waals surface area contributed by atoms with Crippen molar-refractivity contribution in [1.29, 1.82) is 0 Å². The minimum Gasteiger partial charge on any atom is -0.392 e. The molecule has 4 nitrogen and oxygen atoms in total. The van der Waals surface area contributed by atoms with E-state index in [1.54, 1.807) is 0 Å². The molecule has 19 heavy (non-hydrogen) atoms. The summed E-state index contributed by atoms with van der Waals surface area (Å²) >= 11 is 0. The van der Waals surface area contributed by atoms with Crippen molar-refractivity contribution in [3.05, 3.63) is 29.8 Å². The standard InChI is InChI=1S/C15H22N2O2/c1-4-16-14(19)10-5-7-11(8-6-10)17-12-9-13(18)15(12,2)3/h5-8,12-13,17-18H,4,9H2,1-3H3,(H,16,19). The number of benzene rings is 1. The van der Waals surface area contributed by atoms with Crippen LogP contribution in [0.4, 0.5) is 5.69 Å². The fourth-order valence-corrected chi connectivity index (χ4v) is 2.33. The van der Waals surface area contributed by atoms with Gasteiger partial charge in [0.2, 0.25) is 0 Å². The van der Waals surface area contributed by atoms with Gasteiger partial charge in [-0.1, -0.05) is 13.8 Å². The van der Waals surface area contributed by atoms with Crippen molar-refractivity contribution in [3.63, 3.8) is 0 Å². The molecule has 1 aromatic rings. The van der Waals surface area contributed by atoms with E-state index < -0.39 is 0 Å². The fraction of sp³-hybridized carbons (Fsp3) is 0.533. The molecule has 0 radical (unpaired) electrons. The molecule has 0 aliphatic heterocycles. The average Bonchev–Trinajstić information content (AvgIpc) is 2.39. The Morgan fingerprint density at radius 1 is 1.37 bits per heavy atom. The molecule has 1 aromatic carbocycles. The van der Waals surface area contributed by atoms with Crippen molar-refractivity contribution >= 4 is 11.6 Å². The van der Waals surface area contributed by atoms with E-state index in [0.29, 0.717) is 12.1 Å². The molecular weight excluding hydrogens is 240 g/mol. The van der Waals surface area contributed by atoms with Crippen LogP contribution in [0.1, 0.15) is 37.6 Å². The first-order chi connectivity index (χ1) is 8.95. The first kappa shape index (κ1) is 13.9. The van der Waals surface area contributed by atoms with Crippen LogP contribution in [0.15, 0.2) is 24.3 Å². The molecule has 0 bridgehead atoms. The van der Waals surface area contributed by atoms with Crippen LogP contribution in [0.5, 0.6) is 0 Å². The number of carbonyl (C=O) groups is 1. The zero-order valence-corrected chi connectivity index (χ0v) is 11.7. The highest BCUT2D eigenvalue weighted by atomic mass is 16.3. The van der Waals surface area contributed by atoms with Gasteiger partial charge in [0.05, 0.1) is 6.10 Å². The molecule has 1 aliphatic rings. The molecule has 1 aliphatic carbocycles. The molecule has 2 rings (SSSR count). The molecule has 0 spiro atoms. The predicted molar refractivity (Wildman–Crippen MR) is 76.3 cm³/mol. The van der Waals surface area contributed by atoms with Crippen molar-refractivity contribution in [3.8, 4) is 0 Å². The number of aliphatic hydroxyl groups excluding tert-OH is 1. The molecule has 0 aromatic heterocycles. The number of carbonyl (C=O) groups excluding carboxylic acids is 1. The van der Waals surface area contributed by atoms with Gasteiger partial charge in [-0.15, -0.1) is 0 Å². The van der Waals surface area contributed by atoms with Crippen molar-refractivity contribution < 1.29 is 9.90 Å².